The summed E-state index contributed by atoms with van der Waals surface area (Å²) in [5.74, 6) is 2.14. The topological polar surface area (TPSA) is 32.3 Å². The van der Waals surface area contributed by atoms with Gasteiger partial charge in [0.1, 0.15) is 0 Å². The molecule has 0 bridgehead atoms. The Morgan fingerprint density at radius 1 is 1.40 bits per heavy atom. The molecule has 1 rings (SSSR count). The van der Waals surface area contributed by atoms with E-state index in [0.29, 0.717) is 5.91 Å². The van der Waals surface area contributed by atoms with Crippen LogP contribution in [0, 0.1) is 0 Å². The number of amides is 1. The zero-order valence-corrected chi connectivity index (χ0v) is 11.1. The SMILES string of the molecule is CCCN(CCC)C(=O)[C@H]1CSCN1.Cl. The van der Waals surface area contributed by atoms with Crippen LogP contribution in [-0.2, 0) is 4.79 Å². The largest absolute Gasteiger partial charge is 0.341 e. The van der Waals surface area contributed by atoms with Gasteiger partial charge in [-0.05, 0) is 12.8 Å². The van der Waals surface area contributed by atoms with Crippen molar-refractivity contribution >= 4 is 30.1 Å². The van der Waals surface area contributed by atoms with Gasteiger partial charge in [-0.2, -0.15) is 0 Å². The minimum Gasteiger partial charge on any atom is -0.341 e. The Balaban J connectivity index is 0.00000196. The van der Waals surface area contributed by atoms with E-state index in [-0.39, 0.29) is 18.4 Å². The Morgan fingerprint density at radius 2 is 2.00 bits per heavy atom. The second-order valence-corrected chi connectivity index (χ2v) is 4.63. The lowest BCUT2D eigenvalue weighted by Gasteiger charge is -2.24. The first-order chi connectivity index (χ1) is 6.79. The molecule has 3 nitrogen and oxygen atoms in total. The predicted octanol–water partition coefficient (Wildman–Crippen LogP) is 1.72. The molecule has 1 amide bonds. The molecule has 0 radical (unpaired) electrons. The number of halogens is 1. The minimum absolute atomic E-state index is 0. The van der Waals surface area contributed by atoms with E-state index in [1.807, 2.05) is 4.90 Å². The second-order valence-electron chi connectivity index (χ2n) is 3.60. The molecular weight excluding hydrogens is 232 g/mol. The van der Waals surface area contributed by atoms with Crippen LogP contribution in [0.3, 0.4) is 0 Å². The standard InChI is InChI=1S/C10H20N2OS.ClH/c1-3-5-12(6-4-2)10(13)9-7-14-8-11-9;/h9,11H,3-8H2,1-2H3;1H/t9-;/m1./s1. The van der Waals surface area contributed by atoms with E-state index in [0.717, 1.165) is 37.6 Å². The molecule has 0 aromatic rings. The molecule has 1 N–H and O–H groups in total. The maximum Gasteiger partial charge on any atom is 0.240 e. The molecule has 1 fully saturated rings. The maximum absolute atomic E-state index is 12.0. The number of thioether (sulfide) groups is 1. The highest BCUT2D eigenvalue weighted by atomic mass is 35.5. The Labute approximate surface area is 103 Å². The van der Waals surface area contributed by atoms with Gasteiger partial charge in [-0.3, -0.25) is 10.1 Å². The van der Waals surface area contributed by atoms with Crippen molar-refractivity contribution in [1.29, 1.82) is 0 Å². The van der Waals surface area contributed by atoms with Crippen LogP contribution in [0.15, 0.2) is 0 Å². The molecule has 15 heavy (non-hydrogen) atoms. The van der Waals surface area contributed by atoms with E-state index < -0.39 is 0 Å². The van der Waals surface area contributed by atoms with Gasteiger partial charge in [0.05, 0.1) is 6.04 Å². The molecule has 0 unspecified atom stereocenters. The van der Waals surface area contributed by atoms with Crippen molar-refractivity contribution in [2.75, 3.05) is 24.7 Å². The number of nitrogens with one attached hydrogen (secondary N) is 1. The molecule has 0 spiro atoms. The zero-order valence-electron chi connectivity index (χ0n) is 9.49. The molecule has 1 heterocycles. The minimum atomic E-state index is 0. The van der Waals surface area contributed by atoms with E-state index in [1.165, 1.54) is 0 Å². The van der Waals surface area contributed by atoms with Gasteiger partial charge >= 0.3 is 0 Å². The molecule has 1 saturated heterocycles. The average Bonchev–Trinajstić information content (AvgIpc) is 2.69. The fourth-order valence-electron chi connectivity index (χ4n) is 1.65. The first-order valence-corrected chi connectivity index (χ1v) is 6.55. The van der Waals surface area contributed by atoms with Crippen LogP contribution in [0.2, 0.25) is 0 Å². The molecule has 1 aliphatic rings. The van der Waals surface area contributed by atoms with E-state index in [4.69, 9.17) is 0 Å². The van der Waals surface area contributed by atoms with Crippen molar-refractivity contribution in [3.63, 3.8) is 0 Å². The van der Waals surface area contributed by atoms with Gasteiger partial charge in [-0.1, -0.05) is 13.8 Å². The highest BCUT2D eigenvalue weighted by molar-refractivity contribution is 7.99. The first kappa shape index (κ1) is 15.1. The Hall–Kier alpha value is 0.0700. The smallest absolute Gasteiger partial charge is 0.240 e. The van der Waals surface area contributed by atoms with Gasteiger partial charge in [0, 0.05) is 24.7 Å². The maximum atomic E-state index is 12.0. The average molecular weight is 253 g/mol. The highest BCUT2D eigenvalue weighted by Crippen LogP contribution is 2.12. The Kier molecular flexibility index (Phi) is 8.29. The third kappa shape index (κ3) is 4.62. The summed E-state index contributed by atoms with van der Waals surface area (Å²) in [6.07, 6.45) is 2.09. The van der Waals surface area contributed by atoms with E-state index in [2.05, 4.69) is 19.2 Å². The number of hydrogen-bond acceptors (Lipinski definition) is 3. The van der Waals surface area contributed by atoms with E-state index in [1.54, 1.807) is 11.8 Å². The van der Waals surface area contributed by atoms with Crippen LogP contribution in [0.4, 0.5) is 0 Å². The summed E-state index contributed by atoms with van der Waals surface area (Å²) in [6, 6.07) is 0.0677. The predicted molar refractivity (Wildman–Crippen MR) is 68.7 cm³/mol. The molecule has 5 heteroatoms. The van der Waals surface area contributed by atoms with Crippen molar-refractivity contribution in [3.8, 4) is 0 Å². The Morgan fingerprint density at radius 3 is 2.40 bits per heavy atom. The van der Waals surface area contributed by atoms with Crippen molar-refractivity contribution < 1.29 is 4.79 Å². The third-order valence-electron chi connectivity index (χ3n) is 2.31. The van der Waals surface area contributed by atoms with Gasteiger partial charge in [0.15, 0.2) is 0 Å². The zero-order chi connectivity index (χ0) is 10.4. The molecule has 0 saturated carbocycles. The van der Waals surface area contributed by atoms with Crippen molar-refractivity contribution in [2.24, 2.45) is 0 Å². The lowest BCUT2D eigenvalue weighted by Crippen LogP contribution is -2.45. The molecule has 90 valence electrons. The van der Waals surface area contributed by atoms with Gasteiger partial charge < -0.3 is 4.90 Å². The molecule has 0 aliphatic carbocycles. The normalized spacial score (nSPS) is 19.7. The second kappa shape index (κ2) is 8.25. The van der Waals surface area contributed by atoms with Gasteiger partial charge in [0.2, 0.25) is 5.91 Å². The van der Waals surface area contributed by atoms with E-state index in [9.17, 15) is 4.79 Å². The van der Waals surface area contributed by atoms with Crippen molar-refractivity contribution in [2.45, 2.75) is 32.7 Å². The van der Waals surface area contributed by atoms with Crippen LogP contribution in [-0.4, -0.2) is 41.6 Å². The molecular formula is C10H21ClN2OS. The fraction of sp³-hybridized carbons (Fsp3) is 0.900. The summed E-state index contributed by atoms with van der Waals surface area (Å²) in [6.45, 7) is 6.03. The molecule has 1 atom stereocenters. The van der Waals surface area contributed by atoms with Crippen LogP contribution in [0.1, 0.15) is 26.7 Å². The molecule has 1 aliphatic heterocycles. The summed E-state index contributed by atoms with van der Waals surface area (Å²) in [5, 5.41) is 3.23. The first-order valence-electron chi connectivity index (χ1n) is 5.39. The quantitative estimate of drug-likeness (QED) is 0.809. The molecule has 0 aromatic heterocycles. The number of hydrogen-bond donors (Lipinski definition) is 1. The van der Waals surface area contributed by atoms with Gasteiger partial charge in [0.25, 0.3) is 0 Å². The summed E-state index contributed by atoms with van der Waals surface area (Å²) in [5.41, 5.74) is 0. The van der Waals surface area contributed by atoms with E-state index >= 15 is 0 Å². The molecule has 0 aromatic carbocycles. The van der Waals surface area contributed by atoms with Crippen LogP contribution < -0.4 is 5.32 Å². The number of carbonyl (C=O) groups is 1. The van der Waals surface area contributed by atoms with Crippen LogP contribution in [0.25, 0.3) is 0 Å². The van der Waals surface area contributed by atoms with Crippen molar-refractivity contribution in [3.05, 3.63) is 0 Å². The third-order valence-corrected chi connectivity index (χ3v) is 3.25. The highest BCUT2D eigenvalue weighted by Gasteiger charge is 2.26. The summed E-state index contributed by atoms with van der Waals surface area (Å²) < 4.78 is 0. The van der Waals surface area contributed by atoms with Crippen LogP contribution >= 0.6 is 24.2 Å². The summed E-state index contributed by atoms with van der Waals surface area (Å²) >= 11 is 1.81. The summed E-state index contributed by atoms with van der Waals surface area (Å²) in [7, 11) is 0. The van der Waals surface area contributed by atoms with Gasteiger partial charge in [-0.15, -0.1) is 24.2 Å². The number of carbonyl (C=O) groups excluding carboxylic acids is 1. The van der Waals surface area contributed by atoms with Gasteiger partial charge in [-0.25, -0.2) is 0 Å². The lowest BCUT2D eigenvalue weighted by atomic mass is 10.2. The number of nitrogens with zero attached hydrogens (tertiary/aromatic N) is 1. The monoisotopic (exact) mass is 252 g/mol. The fourth-order valence-corrected chi connectivity index (χ4v) is 2.58. The van der Waals surface area contributed by atoms with Crippen molar-refractivity contribution in [1.82, 2.24) is 10.2 Å². The summed E-state index contributed by atoms with van der Waals surface area (Å²) in [4.78, 5) is 14.0. The Bertz CT molecular complexity index is 180. The number of rotatable bonds is 5. The van der Waals surface area contributed by atoms with Crippen LogP contribution in [0.5, 0.6) is 0 Å². The lowest BCUT2D eigenvalue weighted by molar-refractivity contribution is -0.132.